The molecule has 0 unspecified atom stereocenters. The fourth-order valence-corrected chi connectivity index (χ4v) is 3.41. The number of fused-ring (bicyclic) bond motifs is 2. The van der Waals surface area contributed by atoms with Crippen LogP contribution in [0.25, 0.3) is 0 Å². The molecular formula is C15H26. The highest BCUT2D eigenvalue weighted by atomic mass is 14.4. The van der Waals surface area contributed by atoms with Crippen molar-refractivity contribution in [1.29, 1.82) is 0 Å². The van der Waals surface area contributed by atoms with Gasteiger partial charge < -0.3 is 0 Å². The average molecular weight is 206 g/mol. The molecule has 0 aromatic rings. The smallest absolute Gasteiger partial charge is 0.0199 e. The molecule has 0 nitrogen and oxygen atoms in total. The highest BCUT2D eigenvalue weighted by Crippen LogP contribution is 2.45. The van der Waals surface area contributed by atoms with E-state index in [0.717, 1.165) is 17.8 Å². The lowest BCUT2D eigenvalue weighted by Crippen LogP contribution is -2.06. The summed E-state index contributed by atoms with van der Waals surface area (Å²) >= 11 is 0. The van der Waals surface area contributed by atoms with Crippen molar-refractivity contribution in [3.63, 3.8) is 0 Å². The van der Waals surface area contributed by atoms with E-state index in [2.05, 4.69) is 19.1 Å². The van der Waals surface area contributed by atoms with Crippen LogP contribution in [0.4, 0.5) is 0 Å². The first-order chi connectivity index (χ1) is 7.40. The maximum absolute atomic E-state index is 2.50. The SMILES string of the molecule is CCCCCCCC[C@H]1C[C@@H]2C=C[C@H]1C2. The molecule has 3 atom stereocenters. The molecule has 2 aliphatic carbocycles. The fraction of sp³-hybridized carbons (Fsp3) is 0.867. The number of hydrogen-bond acceptors (Lipinski definition) is 0. The number of rotatable bonds is 7. The van der Waals surface area contributed by atoms with E-state index in [9.17, 15) is 0 Å². The first kappa shape index (κ1) is 11.2. The summed E-state index contributed by atoms with van der Waals surface area (Å²) in [6.07, 6.45) is 18.2. The van der Waals surface area contributed by atoms with Crippen LogP contribution in [-0.4, -0.2) is 0 Å². The monoisotopic (exact) mass is 206 g/mol. The zero-order valence-electron chi connectivity index (χ0n) is 10.3. The van der Waals surface area contributed by atoms with Gasteiger partial charge in [0.05, 0.1) is 0 Å². The van der Waals surface area contributed by atoms with Gasteiger partial charge in [-0.05, 0) is 37.0 Å². The third-order valence-corrected chi connectivity index (χ3v) is 4.34. The molecule has 1 fully saturated rings. The first-order valence-corrected chi connectivity index (χ1v) is 7.08. The molecule has 2 rings (SSSR count). The molecule has 1 saturated carbocycles. The van der Waals surface area contributed by atoms with Crippen LogP contribution in [0.3, 0.4) is 0 Å². The van der Waals surface area contributed by atoms with E-state index in [1.165, 1.54) is 57.8 Å². The van der Waals surface area contributed by atoms with E-state index in [0.29, 0.717) is 0 Å². The van der Waals surface area contributed by atoms with E-state index in [1.807, 2.05) is 0 Å². The summed E-state index contributed by atoms with van der Waals surface area (Å²) in [6, 6.07) is 0. The molecular weight excluding hydrogens is 180 g/mol. The van der Waals surface area contributed by atoms with Crippen LogP contribution in [0.5, 0.6) is 0 Å². The second kappa shape index (κ2) is 5.72. The zero-order chi connectivity index (χ0) is 10.5. The third-order valence-electron chi connectivity index (χ3n) is 4.34. The molecule has 0 N–H and O–H groups in total. The van der Waals surface area contributed by atoms with E-state index < -0.39 is 0 Å². The lowest BCUT2D eigenvalue weighted by atomic mass is 9.88. The minimum Gasteiger partial charge on any atom is -0.0851 e. The minimum atomic E-state index is 0.972. The molecule has 0 heterocycles. The Balaban J connectivity index is 1.50. The zero-order valence-corrected chi connectivity index (χ0v) is 10.3. The van der Waals surface area contributed by atoms with Gasteiger partial charge in [-0.25, -0.2) is 0 Å². The Morgan fingerprint density at radius 2 is 1.73 bits per heavy atom. The first-order valence-electron chi connectivity index (χ1n) is 7.08. The second-order valence-electron chi connectivity index (χ2n) is 5.60. The van der Waals surface area contributed by atoms with Crippen LogP contribution in [0.1, 0.15) is 64.7 Å². The van der Waals surface area contributed by atoms with Gasteiger partial charge in [0.1, 0.15) is 0 Å². The van der Waals surface area contributed by atoms with Crippen LogP contribution in [0.15, 0.2) is 12.2 Å². The van der Waals surface area contributed by atoms with Gasteiger partial charge in [-0.1, -0.05) is 57.6 Å². The Labute approximate surface area is 95.1 Å². The molecule has 15 heavy (non-hydrogen) atoms. The van der Waals surface area contributed by atoms with Crippen molar-refractivity contribution in [3.05, 3.63) is 12.2 Å². The number of allylic oxidation sites excluding steroid dienone is 2. The van der Waals surface area contributed by atoms with Gasteiger partial charge in [0.15, 0.2) is 0 Å². The largest absolute Gasteiger partial charge is 0.0851 e. The van der Waals surface area contributed by atoms with Gasteiger partial charge in [0, 0.05) is 0 Å². The lowest BCUT2D eigenvalue weighted by Gasteiger charge is -2.17. The summed E-state index contributed by atoms with van der Waals surface area (Å²) in [4.78, 5) is 0. The Hall–Kier alpha value is -0.260. The molecule has 0 heteroatoms. The van der Waals surface area contributed by atoms with Crippen molar-refractivity contribution in [2.45, 2.75) is 64.7 Å². The summed E-state index contributed by atoms with van der Waals surface area (Å²) < 4.78 is 0. The lowest BCUT2D eigenvalue weighted by molar-refractivity contribution is 0.394. The average Bonchev–Trinajstić information content (AvgIpc) is 2.85. The topological polar surface area (TPSA) is 0 Å². The molecule has 0 amide bonds. The molecule has 0 aromatic heterocycles. The number of hydrogen-bond donors (Lipinski definition) is 0. The Bertz CT molecular complexity index is 204. The normalized spacial score (nSPS) is 32.7. The molecule has 0 spiro atoms. The van der Waals surface area contributed by atoms with E-state index >= 15 is 0 Å². The van der Waals surface area contributed by atoms with Crippen molar-refractivity contribution in [2.24, 2.45) is 17.8 Å². The molecule has 0 aromatic carbocycles. The maximum atomic E-state index is 2.50. The minimum absolute atomic E-state index is 0.972. The highest BCUT2D eigenvalue weighted by molar-refractivity contribution is 5.09. The van der Waals surface area contributed by atoms with Crippen LogP contribution in [-0.2, 0) is 0 Å². The van der Waals surface area contributed by atoms with Crippen LogP contribution >= 0.6 is 0 Å². The Morgan fingerprint density at radius 1 is 0.933 bits per heavy atom. The molecule has 86 valence electrons. The molecule has 2 aliphatic rings. The summed E-state index contributed by atoms with van der Waals surface area (Å²) in [7, 11) is 0. The van der Waals surface area contributed by atoms with Crippen molar-refractivity contribution >= 4 is 0 Å². The van der Waals surface area contributed by atoms with E-state index in [4.69, 9.17) is 0 Å². The standard InChI is InChI=1S/C15H26/c1-2-3-4-5-6-7-8-14-11-13-9-10-15(14)12-13/h9-10,13-15H,2-8,11-12H2,1H3/t13-,14-,15-/m0/s1. The second-order valence-corrected chi connectivity index (χ2v) is 5.60. The Kier molecular flexibility index (Phi) is 4.29. The van der Waals surface area contributed by atoms with Gasteiger partial charge in [0.2, 0.25) is 0 Å². The van der Waals surface area contributed by atoms with Crippen LogP contribution < -0.4 is 0 Å². The molecule has 0 aliphatic heterocycles. The molecule has 0 saturated heterocycles. The van der Waals surface area contributed by atoms with Crippen LogP contribution in [0.2, 0.25) is 0 Å². The Morgan fingerprint density at radius 3 is 2.40 bits per heavy atom. The van der Waals surface area contributed by atoms with Crippen molar-refractivity contribution in [2.75, 3.05) is 0 Å². The summed E-state index contributed by atoms with van der Waals surface area (Å²) in [5, 5.41) is 0. The quantitative estimate of drug-likeness (QED) is 0.408. The van der Waals surface area contributed by atoms with Crippen molar-refractivity contribution in [1.82, 2.24) is 0 Å². The van der Waals surface area contributed by atoms with Gasteiger partial charge in [-0.2, -0.15) is 0 Å². The van der Waals surface area contributed by atoms with Gasteiger partial charge in [-0.3, -0.25) is 0 Å². The third kappa shape index (κ3) is 3.09. The maximum Gasteiger partial charge on any atom is -0.0199 e. The number of unbranched alkanes of at least 4 members (excludes halogenated alkanes) is 5. The fourth-order valence-electron chi connectivity index (χ4n) is 3.41. The van der Waals surface area contributed by atoms with Gasteiger partial charge in [0.25, 0.3) is 0 Å². The predicted octanol–water partition coefficient (Wildman–Crippen LogP) is 4.95. The highest BCUT2D eigenvalue weighted by Gasteiger charge is 2.34. The van der Waals surface area contributed by atoms with Crippen LogP contribution in [0, 0.1) is 17.8 Å². The molecule has 0 radical (unpaired) electrons. The summed E-state index contributed by atoms with van der Waals surface area (Å²) in [5.74, 6) is 3.01. The summed E-state index contributed by atoms with van der Waals surface area (Å²) in [5.41, 5.74) is 0. The predicted molar refractivity (Wildman–Crippen MR) is 66.8 cm³/mol. The van der Waals surface area contributed by atoms with E-state index in [-0.39, 0.29) is 0 Å². The van der Waals surface area contributed by atoms with Gasteiger partial charge in [-0.15, -0.1) is 0 Å². The van der Waals surface area contributed by atoms with Crippen molar-refractivity contribution in [3.8, 4) is 0 Å². The van der Waals surface area contributed by atoms with Gasteiger partial charge >= 0.3 is 0 Å². The molecule has 2 bridgehead atoms. The van der Waals surface area contributed by atoms with E-state index in [1.54, 1.807) is 0 Å². The van der Waals surface area contributed by atoms with Crippen molar-refractivity contribution < 1.29 is 0 Å². The summed E-state index contributed by atoms with van der Waals surface area (Å²) in [6.45, 7) is 2.29.